The number of benzene rings is 1. The Morgan fingerprint density at radius 2 is 1.90 bits per heavy atom. The smallest absolute Gasteiger partial charge is 0.191 e. The fraction of sp³-hybridized carbons (Fsp3) is 0.500. The van der Waals surface area contributed by atoms with Crippen molar-refractivity contribution >= 4 is 21.9 Å². The van der Waals surface area contributed by atoms with Crippen molar-refractivity contribution in [1.29, 1.82) is 0 Å². The fourth-order valence-electron chi connectivity index (χ4n) is 2.08. The molecule has 0 radical (unpaired) electrons. The van der Waals surface area contributed by atoms with Crippen LogP contribution in [0.3, 0.4) is 0 Å². The molecule has 1 aliphatic heterocycles. The monoisotopic (exact) mass is 357 g/mol. The molecule has 0 saturated carbocycles. The third-order valence-corrected chi connectivity index (χ3v) is 4.04. The van der Waals surface area contributed by atoms with Crippen molar-refractivity contribution in [3.8, 4) is 11.5 Å². The fourth-order valence-corrected chi connectivity index (χ4v) is 2.52. The molecule has 0 spiro atoms. The SMILES string of the molecule is COc1cc(Br)c(CN=C(N)N2CCOCC2)cc1OC. The molecule has 1 fully saturated rings. The van der Waals surface area contributed by atoms with Crippen LogP contribution in [0.2, 0.25) is 0 Å². The molecule has 1 aliphatic rings. The van der Waals surface area contributed by atoms with Gasteiger partial charge in [-0.1, -0.05) is 15.9 Å². The number of ether oxygens (including phenoxy) is 3. The minimum absolute atomic E-state index is 0.476. The van der Waals surface area contributed by atoms with Gasteiger partial charge in [0.05, 0.1) is 34.0 Å². The van der Waals surface area contributed by atoms with Gasteiger partial charge in [0.2, 0.25) is 0 Å². The van der Waals surface area contributed by atoms with Crippen LogP contribution in [0, 0.1) is 0 Å². The second-order valence-corrected chi connectivity index (χ2v) is 5.43. The zero-order valence-electron chi connectivity index (χ0n) is 12.3. The first-order valence-corrected chi connectivity index (χ1v) is 7.48. The van der Waals surface area contributed by atoms with Crippen molar-refractivity contribution < 1.29 is 14.2 Å². The lowest BCUT2D eigenvalue weighted by molar-refractivity contribution is 0.0674. The van der Waals surface area contributed by atoms with Crippen LogP contribution in [0.15, 0.2) is 21.6 Å². The Balaban J connectivity index is 2.11. The summed E-state index contributed by atoms with van der Waals surface area (Å²) < 4.78 is 16.8. The number of guanidine groups is 1. The van der Waals surface area contributed by atoms with E-state index in [1.165, 1.54) is 0 Å². The van der Waals surface area contributed by atoms with E-state index in [-0.39, 0.29) is 0 Å². The van der Waals surface area contributed by atoms with Crippen LogP contribution in [0.25, 0.3) is 0 Å². The number of halogens is 1. The van der Waals surface area contributed by atoms with Crippen molar-refractivity contribution in [2.45, 2.75) is 6.54 Å². The van der Waals surface area contributed by atoms with Crippen LogP contribution in [-0.2, 0) is 11.3 Å². The van der Waals surface area contributed by atoms with E-state index in [2.05, 4.69) is 20.9 Å². The highest BCUT2D eigenvalue weighted by Gasteiger charge is 2.13. The molecule has 1 saturated heterocycles. The van der Waals surface area contributed by atoms with Gasteiger partial charge in [0.1, 0.15) is 0 Å². The molecule has 1 heterocycles. The average Bonchev–Trinajstić information content (AvgIpc) is 2.53. The molecule has 0 unspecified atom stereocenters. The van der Waals surface area contributed by atoms with Crippen LogP contribution in [0.4, 0.5) is 0 Å². The molecule has 6 nitrogen and oxygen atoms in total. The normalized spacial score (nSPS) is 16.0. The molecular weight excluding hydrogens is 338 g/mol. The molecule has 0 aromatic heterocycles. The Morgan fingerprint density at radius 3 is 2.52 bits per heavy atom. The summed E-state index contributed by atoms with van der Waals surface area (Å²) in [6, 6.07) is 3.77. The van der Waals surface area contributed by atoms with E-state index in [1.807, 2.05) is 17.0 Å². The van der Waals surface area contributed by atoms with Gasteiger partial charge in [-0.3, -0.25) is 0 Å². The van der Waals surface area contributed by atoms with E-state index in [0.29, 0.717) is 37.2 Å². The lowest BCUT2D eigenvalue weighted by atomic mass is 10.2. The average molecular weight is 358 g/mol. The third kappa shape index (κ3) is 4.01. The Labute approximate surface area is 133 Å². The van der Waals surface area contributed by atoms with Gasteiger partial charge in [-0.2, -0.15) is 0 Å². The van der Waals surface area contributed by atoms with Gasteiger partial charge >= 0.3 is 0 Å². The van der Waals surface area contributed by atoms with Gasteiger partial charge in [-0.15, -0.1) is 0 Å². The van der Waals surface area contributed by atoms with Crippen molar-refractivity contribution in [3.63, 3.8) is 0 Å². The molecule has 1 aromatic carbocycles. The number of morpholine rings is 1. The van der Waals surface area contributed by atoms with Crippen molar-refractivity contribution in [1.82, 2.24) is 4.90 Å². The summed E-state index contributed by atoms with van der Waals surface area (Å²) in [4.78, 5) is 6.47. The summed E-state index contributed by atoms with van der Waals surface area (Å²) in [5, 5.41) is 0. The Morgan fingerprint density at radius 1 is 1.29 bits per heavy atom. The lowest BCUT2D eigenvalue weighted by Crippen LogP contribution is -2.44. The molecule has 1 aromatic rings. The van der Waals surface area contributed by atoms with Crippen LogP contribution >= 0.6 is 15.9 Å². The van der Waals surface area contributed by atoms with E-state index >= 15 is 0 Å². The largest absolute Gasteiger partial charge is 0.493 e. The minimum atomic E-state index is 0.476. The molecular formula is C14H20BrN3O3. The summed E-state index contributed by atoms with van der Waals surface area (Å²) in [5.74, 6) is 1.90. The summed E-state index contributed by atoms with van der Waals surface area (Å²) in [7, 11) is 3.22. The summed E-state index contributed by atoms with van der Waals surface area (Å²) in [6.07, 6.45) is 0. The zero-order chi connectivity index (χ0) is 15.2. The third-order valence-electron chi connectivity index (χ3n) is 3.30. The Hall–Kier alpha value is -1.47. The molecule has 0 bridgehead atoms. The van der Waals surface area contributed by atoms with E-state index in [1.54, 1.807) is 14.2 Å². The second kappa shape index (κ2) is 7.51. The predicted octanol–water partition coefficient (Wildman–Crippen LogP) is 1.61. The number of hydrogen-bond acceptors (Lipinski definition) is 4. The van der Waals surface area contributed by atoms with Crippen molar-refractivity contribution in [2.24, 2.45) is 10.7 Å². The van der Waals surface area contributed by atoms with Crippen molar-refractivity contribution in [2.75, 3.05) is 40.5 Å². The number of methoxy groups -OCH3 is 2. The molecule has 0 amide bonds. The second-order valence-electron chi connectivity index (χ2n) is 4.57. The highest BCUT2D eigenvalue weighted by atomic mass is 79.9. The first-order chi connectivity index (χ1) is 10.2. The predicted molar refractivity (Wildman–Crippen MR) is 85.0 cm³/mol. The van der Waals surface area contributed by atoms with Crippen LogP contribution < -0.4 is 15.2 Å². The minimum Gasteiger partial charge on any atom is -0.493 e. The van der Waals surface area contributed by atoms with Gasteiger partial charge in [0.25, 0.3) is 0 Å². The highest BCUT2D eigenvalue weighted by Crippen LogP contribution is 2.33. The topological polar surface area (TPSA) is 69.3 Å². The van der Waals surface area contributed by atoms with Crippen molar-refractivity contribution in [3.05, 3.63) is 22.2 Å². The molecule has 116 valence electrons. The number of nitrogens with zero attached hydrogens (tertiary/aromatic N) is 2. The molecule has 0 aliphatic carbocycles. The summed E-state index contributed by atoms with van der Waals surface area (Å²) >= 11 is 3.52. The Kier molecular flexibility index (Phi) is 5.69. The molecule has 21 heavy (non-hydrogen) atoms. The van der Waals surface area contributed by atoms with E-state index in [0.717, 1.165) is 23.1 Å². The number of rotatable bonds is 4. The number of aliphatic imine (C=N–C) groups is 1. The standard InChI is InChI=1S/C14H20BrN3O3/c1-19-12-7-10(11(15)8-13(12)20-2)9-17-14(16)18-3-5-21-6-4-18/h7-8H,3-6,9H2,1-2H3,(H2,16,17). The molecule has 2 rings (SSSR count). The van der Waals surface area contributed by atoms with Crippen LogP contribution in [-0.4, -0.2) is 51.4 Å². The van der Waals surface area contributed by atoms with Crippen LogP contribution in [0.1, 0.15) is 5.56 Å². The van der Waals surface area contributed by atoms with Gasteiger partial charge in [-0.05, 0) is 17.7 Å². The highest BCUT2D eigenvalue weighted by molar-refractivity contribution is 9.10. The quantitative estimate of drug-likeness (QED) is 0.654. The van der Waals surface area contributed by atoms with E-state index < -0.39 is 0 Å². The lowest BCUT2D eigenvalue weighted by Gasteiger charge is -2.27. The van der Waals surface area contributed by atoms with E-state index in [4.69, 9.17) is 19.9 Å². The van der Waals surface area contributed by atoms with E-state index in [9.17, 15) is 0 Å². The van der Waals surface area contributed by atoms with Gasteiger partial charge in [0, 0.05) is 17.6 Å². The zero-order valence-corrected chi connectivity index (χ0v) is 13.9. The maximum atomic E-state index is 6.02. The Bertz CT molecular complexity index is 516. The first-order valence-electron chi connectivity index (χ1n) is 6.68. The van der Waals surface area contributed by atoms with Gasteiger partial charge < -0.3 is 24.8 Å². The number of hydrogen-bond donors (Lipinski definition) is 1. The maximum absolute atomic E-state index is 6.02. The molecule has 7 heteroatoms. The summed E-state index contributed by atoms with van der Waals surface area (Å²) in [6.45, 7) is 3.42. The van der Waals surface area contributed by atoms with Gasteiger partial charge in [-0.25, -0.2) is 4.99 Å². The summed E-state index contributed by atoms with van der Waals surface area (Å²) in [5.41, 5.74) is 7.01. The first kappa shape index (κ1) is 15.9. The van der Waals surface area contributed by atoms with Crippen LogP contribution in [0.5, 0.6) is 11.5 Å². The molecule has 0 atom stereocenters. The maximum Gasteiger partial charge on any atom is 0.191 e. The molecule has 2 N–H and O–H groups in total. The van der Waals surface area contributed by atoms with Gasteiger partial charge in [0.15, 0.2) is 17.5 Å². The number of nitrogens with two attached hydrogens (primary N) is 1.